The molecule has 1 spiro atoms. The Bertz CT molecular complexity index is 1890. The fourth-order valence-electron chi connectivity index (χ4n) is 6.33. The van der Waals surface area contributed by atoms with E-state index in [1.807, 2.05) is 30.3 Å². The Hall–Kier alpha value is -5.73. The predicted molar refractivity (Wildman–Crippen MR) is 192 cm³/mol. The van der Waals surface area contributed by atoms with Crippen molar-refractivity contribution in [3.8, 4) is 34.5 Å². The Labute approximate surface area is 314 Å². The van der Waals surface area contributed by atoms with E-state index >= 15 is 0 Å². The van der Waals surface area contributed by atoms with Crippen LogP contribution in [0.25, 0.3) is 0 Å². The molecule has 0 radical (unpaired) electrons. The second-order valence-corrected chi connectivity index (χ2v) is 12.5. The quantitative estimate of drug-likeness (QED) is 0.0487. The van der Waals surface area contributed by atoms with Gasteiger partial charge >= 0.3 is 11.9 Å². The SMILES string of the molecule is CCNc1cc(O[C@H]2O[C@@]3(CCc4c(OC)c(O)c(OCCc5ccccc5)c(O)c4C(=O)O[C@H]3O)[C@@H](O)[C@H](O)[C@H]2O)c(OCNC(N)=NC)cc1C(=O)O. The number of methoxy groups -OCH3 is 1. The van der Waals surface area contributed by atoms with Crippen molar-refractivity contribution in [2.45, 2.75) is 62.7 Å². The molecule has 55 heavy (non-hydrogen) atoms. The van der Waals surface area contributed by atoms with Gasteiger partial charge in [0.05, 0.1) is 25.0 Å². The third kappa shape index (κ3) is 8.20. The fourth-order valence-corrected chi connectivity index (χ4v) is 6.33. The molecule has 6 atom stereocenters. The van der Waals surface area contributed by atoms with Crippen molar-refractivity contribution in [1.29, 1.82) is 0 Å². The lowest BCUT2D eigenvalue weighted by Crippen LogP contribution is -2.70. The highest BCUT2D eigenvalue weighted by atomic mass is 16.7. The van der Waals surface area contributed by atoms with Crippen LogP contribution < -0.4 is 35.3 Å². The number of nitrogens with one attached hydrogen (secondary N) is 2. The van der Waals surface area contributed by atoms with Crippen LogP contribution in [0.1, 0.15) is 45.2 Å². The number of cyclic esters (lactones) is 1. The maximum absolute atomic E-state index is 13.7. The first kappa shape index (κ1) is 40.5. The molecule has 0 unspecified atom stereocenters. The number of nitrogens with two attached hydrogens (primary N) is 1. The molecule has 11 N–H and O–H groups in total. The van der Waals surface area contributed by atoms with Gasteiger partial charge in [-0.1, -0.05) is 30.3 Å². The molecule has 0 amide bonds. The standard InChI is InChI=1S/C36H44N4O15/c1-4-39-20-15-22(21(14-19(20)31(46)47)52-16-40-35(37)38-2)53-33-26(43)25(42)30(45)36(55-33)12-10-18-23(32(48)54-34(36)49)24(41)29(27(44)28(18)50-3)51-13-11-17-8-6-5-7-9-17/h5-9,14-15,25-26,30,33-34,39,41-45,49H,4,10-13,16H2,1-3H3,(H,46,47)(H3,37,38,40)/t25-,26-,30+,33+,34-,36+/m1/s1. The number of esters is 1. The van der Waals surface area contributed by atoms with Crippen LogP contribution in [0.4, 0.5) is 5.69 Å². The summed E-state index contributed by atoms with van der Waals surface area (Å²) in [5, 5.41) is 82.7. The van der Waals surface area contributed by atoms with Gasteiger partial charge in [-0.25, -0.2) is 9.59 Å². The van der Waals surface area contributed by atoms with Gasteiger partial charge in [0.25, 0.3) is 0 Å². The summed E-state index contributed by atoms with van der Waals surface area (Å²) in [4.78, 5) is 29.5. The highest BCUT2D eigenvalue weighted by Crippen LogP contribution is 2.51. The van der Waals surface area contributed by atoms with Gasteiger partial charge in [-0.2, -0.15) is 0 Å². The molecule has 2 aliphatic rings. The lowest BCUT2D eigenvalue weighted by atomic mass is 9.80. The number of hydrogen-bond donors (Lipinski definition) is 10. The zero-order valence-electron chi connectivity index (χ0n) is 30.1. The van der Waals surface area contributed by atoms with E-state index in [0.29, 0.717) is 6.42 Å². The van der Waals surface area contributed by atoms with E-state index in [-0.39, 0.29) is 66.3 Å². The van der Waals surface area contributed by atoms with Crippen LogP contribution in [0.5, 0.6) is 34.5 Å². The number of carboxylic acids is 1. The van der Waals surface area contributed by atoms with E-state index in [4.69, 9.17) is 34.2 Å². The molecule has 2 heterocycles. The van der Waals surface area contributed by atoms with Crippen molar-refractivity contribution in [2.24, 2.45) is 10.7 Å². The Morgan fingerprint density at radius 2 is 1.76 bits per heavy atom. The number of aromatic carboxylic acids is 1. The zero-order valence-corrected chi connectivity index (χ0v) is 30.1. The number of aromatic hydroxyl groups is 2. The number of carboxylic acid groups (broad SMARTS) is 1. The maximum Gasteiger partial charge on any atom is 0.344 e. The number of rotatable bonds is 13. The van der Waals surface area contributed by atoms with Crippen LogP contribution >= 0.6 is 0 Å². The summed E-state index contributed by atoms with van der Waals surface area (Å²) in [6.45, 7) is 1.66. The maximum atomic E-state index is 13.7. The molecule has 0 bridgehead atoms. The van der Waals surface area contributed by atoms with Crippen LogP contribution in [-0.2, 0) is 22.3 Å². The molecule has 298 valence electrons. The van der Waals surface area contributed by atoms with E-state index in [0.717, 1.165) is 11.6 Å². The van der Waals surface area contributed by atoms with Crippen molar-refractivity contribution < 1.29 is 73.8 Å². The molecule has 3 aromatic rings. The molecule has 2 aliphatic heterocycles. The molecule has 5 rings (SSSR count). The van der Waals surface area contributed by atoms with E-state index in [2.05, 4.69) is 15.6 Å². The van der Waals surface area contributed by atoms with Crippen LogP contribution in [-0.4, -0.2) is 124 Å². The van der Waals surface area contributed by atoms with Gasteiger partial charge in [0.2, 0.25) is 24.1 Å². The van der Waals surface area contributed by atoms with Gasteiger partial charge in [-0.05, 0) is 25.3 Å². The predicted octanol–water partition coefficient (Wildman–Crippen LogP) is 0.407. The monoisotopic (exact) mass is 772 g/mol. The largest absolute Gasteiger partial charge is 0.504 e. The van der Waals surface area contributed by atoms with Crippen LogP contribution in [0.3, 0.4) is 0 Å². The summed E-state index contributed by atoms with van der Waals surface area (Å²) in [5.41, 5.74) is 3.39. The molecule has 3 aromatic carbocycles. The molecule has 1 fully saturated rings. The van der Waals surface area contributed by atoms with Gasteiger partial charge in [-0.3, -0.25) is 4.99 Å². The zero-order chi connectivity index (χ0) is 40.0. The number of benzene rings is 3. The van der Waals surface area contributed by atoms with Crippen molar-refractivity contribution in [1.82, 2.24) is 5.32 Å². The molecule has 0 saturated carbocycles. The number of ether oxygens (including phenoxy) is 6. The number of phenolic OH excluding ortho intramolecular Hbond substituents is 2. The smallest absolute Gasteiger partial charge is 0.344 e. The number of phenols is 2. The molecule has 0 aromatic heterocycles. The Kier molecular flexibility index (Phi) is 12.6. The first-order chi connectivity index (χ1) is 26.3. The van der Waals surface area contributed by atoms with Gasteiger partial charge in [0, 0.05) is 37.7 Å². The van der Waals surface area contributed by atoms with E-state index in [1.54, 1.807) is 6.92 Å². The summed E-state index contributed by atoms with van der Waals surface area (Å²) in [6.07, 6.45) is -11.0. The summed E-state index contributed by atoms with van der Waals surface area (Å²) in [6, 6.07) is 11.6. The van der Waals surface area contributed by atoms with E-state index in [9.17, 15) is 45.3 Å². The number of fused-ring (bicyclic) bond motifs is 1. The van der Waals surface area contributed by atoms with Gasteiger partial charge in [0.1, 0.15) is 23.9 Å². The normalized spacial score (nSPS) is 23.8. The Morgan fingerprint density at radius 3 is 2.42 bits per heavy atom. The average Bonchev–Trinajstić information content (AvgIpc) is 3.16. The topological polar surface area (TPSA) is 294 Å². The Balaban J connectivity index is 1.49. The molecule has 19 heteroatoms. The third-order valence-electron chi connectivity index (χ3n) is 9.18. The van der Waals surface area contributed by atoms with Crippen molar-refractivity contribution >= 4 is 23.6 Å². The summed E-state index contributed by atoms with van der Waals surface area (Å²) >= 11 is 0. The summed E-state index contributed by atoms with van der Waals surface area (Å²) in [5.74, 6) is -5.29. The van der Waals surface area contributed by atoms with Crippen LogP contribution in [0.15, 0.2) is 47.5 Å². The first-order valence-electron chi connectivity index (χ1n) is 17.1. The molecule has 1 saturated heterocycles. The minimum Gasteiger partial charge on any atom is -0.504 e. The number of anilines is 1. The number of nitrogens with zero attached hydrogens (tertiary/aromatic N) is 1. The number of aliphatic hydroxyl groups excluding tert-OH is 4. The lowest BCUT2D eigenvalue weighted by molar-refractivity contribution is -0.357. The van der Waals surface area contributed by atoms with Crippen LogP contribution in [0.2, 0.25) is 0 Å². The van der Waals surface area contributed by atoms with Crippen molar-refractivity contribution in [3.05, 3.63) is 64.7 Å². The van der Waals surface area contributed by atoms with Gasteiger partial charge in [-0.15, -0.1) is 0 Å². The van der Waals surface area contributed by atoms with Gasteiger partial charge < -0.3 is 80.5 Å². The van der Waals surface area contributed by atoms with Gasteiger partial charge in [0.15, 0.2) is 41.3 Å². The number of aliphatic hydroxyl groups is 4. The average molecular weight is 773 g/mol. The summed E-state index contributed by atoms with van der Waals surface area (Å²) in [7, 11) is 2.61. The number of guanidine groups is 1. The highest BCUT2D eigenvalue weighted by molar-refractivity contribution is 5.97. The minimum absolute atomic E-state index is 0.00486. The first-order valence-corrected chi connectivity index (χ1v) is 17.1. The minimum atomic E-state index is -2.42. The van der Waals surface area contributed by atoms with Crippen molar-refractivity contribution in [2.75, 3.05) is 39.4 Å². The molecular formula is C36H44N4O15. The van der Waals surface area contributed by atoms with E-state index < -0.39 is 77.7 Å². The van der Waals surface area contributed by atoms with Crippen molar-refractivity contribution in [3.63, 3.8) is 0 Å². The molecule has 19 nitrogen and oxygen atoms in total. The number of aliphatic imine (C=N–C) groups is 1. The molecule has 0 aliphatic carbocycles. The highest BCUT2D eigenvalue weighted by Gasteiger charge is 2.60. The third-order valence-corrected chi connectivity index (χ3v) is 9.18. The van der Waals surface area contributed by atoms with Crippen LogP contribution in [0, 0.1) is 0 Å². The number of hydrogen-bond acceptors (Lipinski definition) is 16. The summed E-state index contributed by atoms with van der Waals surface area (Å²) < 4.78 is 34.1. The lowest BCUT2D eigenvalue weighted by Gasteiger charge is -2.50. The second-order valence-electron chi connectivity index (χ2n) is 12.5. The fraction of sp³-hybridized carbons (Fsp3) is 0.417. The number of carbonyl (C=O) groups is 2. The second kappa shape index (κ2) is 17.2. The molecular weight excluding hydrogens is 728 g/mol. The van der Waals surface area contributed by atoms with E-state index in [1.165, 1.54) is 20.2 Å². The Morgan fingerprint density at radius 1 is 1.04 bits per heavy atom. The number of carbonyl (C=O) groups excluding carboxylic acids is 1.